The highest BCUT2D eigenvalue weighted by Gasteiger charge is 2.22. The minimum absolute atomic E-state index is 0.128. The zero-order valence-corrected chi connectivity index (χ0v) is 13.0. The quantitative estimate of drug-likeness (QED) is 0.770. The predicted molar refractivity (Wildman–Crippen MR) is 75.8 cm³/mol. The fourth-order valence-corrected chi connectivity index (χ4v) is 4.13. The summed E-state index contributed by atoms with van der Waals surface area (Å²) in [6.45, 7) is -0.266. The Morgan fingerprint density at radius 3 is 2.05 bits per heavy atom. The molecule has 0 aliphatic heterocycles. The Bertz CT molecular complexity index is 663. The third-order valence-corrected chi connectivity index (χ3v) is 5.38. The Morgan fingerprint density at radius 1 is 1.16 bits per heavy atom. The fourth-order valence-electron chi connectivity index (χ4n) is 1.27. The number of halogens is 2. The van der Waals surface area contributed by atoms with Crippen molar-refractivity contribution < 1.29 is 16.8 Å². The average molecular weight is 347 g/mol. The van der Waals surface area contributed by atoms with Crippen LogP contribution in [0.4, 0.5) is 5.69 Å². The summed E-state index contributed by atoms with van der Waals surface area (Å²) in [4.78, 5) is -0.321. The summed E-state index contributed by atoms with van der Waals surface area (Å²) in [6.07, 6.45) is 1.00. The van der Waals surface area contributed by atoms with E-state index < -0.39 is 19.9 Å². The smallest absolute Gasteiger partial charge is 0.243 e. The van der Waals surface area contributed by atoms with Gasteiger partial charge in [-0.25, -0.2) is 21.6 Å². The van der Waals surface area contributed by atoms with Gasteiger partial charge in [-0.1, -0.05) is 23.2 Å². The molecule has 108 valence electrons. The van der Waals surface area contributed by atoms with E-state index in [-0.39, 0.29) is 32.9 Å². The van der Waals surface area contributed by atoms with Gasteiger partial charge in [-0.05, 0) is 12.1 Å². The molecule has 0 atom stereocenters. The van der Waals surface area contributed by atoms with Crippen LogP contribution in [0.2, 0.25) is 10.0 Å². The van der Waals surface area contributed by atoms with Crippen LogP contribution in [0, 0.1) is 0 Å². The number of hydrogen-bond donors (Lipinski definition) is 2. The van der Waals surface area contributed by atoms with E-state index in [1.807, 2.05) is 0 Å². The van der Waals surface area contributed by atoms with Gasteiger partial charge in [0.05, 0.1) is 15.8 Å². The fraction of sp³-hybridized carbons (Fsp3) is 0.333. The molecule has 0 saturated carbocycles. The van der Waals surface area contributed by atoms with Crippen LogP contribution in [-0.4, -0.2) is 35.4 Å². The van der Waals surface area contributed by atoms with Crippen LogP contribution in [0.1, 0.15) is 0 Å². The van der Waals surface area contributed by atoms with Gasteiger partial charge in [-0.15, -0.1) is 0 Å². The zero-order valence-electron chi connectivity index (χ0n) is 9.85. The monoisotopic (exact) mass is 346 g/mol. The highest BCUT2D eigenvalue weighted by molar-refractivity contribution is 7.91. The van der Waals surface area contributed by atoms with Crippen molar-refractivity contribution >= 4 is 48.7 Å². The Labute approximate surface area is 121 Å². The molecule has 0 aliphatic rings. The summed E-state index contributed by atoms with van der Waals surface area (Å²) in [5, 5.41) is -0.256. The van der Waals surface area contributed by atoms with Gasteiger partial charge >= 0.3 is 0 Å². The zero-order chi connectivity index (χ0) is 14.8. The molecule has 1 aromatic rings. The minimum Gasteiger partial charge on any atom is -0.399 e. The maximum atomic E-state index is 12.0. The van der Waals surface area contributed by atoms with Crippen molar-refractivity contribution in [2.45, 2.75) is 4.90 Å². The second-order valence-electron chi connectivity index (χ2n) is 3.84. The molecule has 0 fully saturated rings. The number of hydrogen-bond acceptors (Lipinski definition) is 5. The van der Waals surface area contributed by atoms with Crippen molar-refractivity contribution in [2.75, 3.05) is 24.3 Å². The molecule has 0 radical (unpaired) electrons. The van der Waals surface area contributed by atoms with Gasteiger partial charge in [0.25, 0.3) is 0 Å². The first-order valence-electron chi connectivity index (χ1n) is 4.95. The van der Waals surface area contributed by atoms with Crippen LogP contribution >= 0.6 is 23.2 Å². The Hall–Kier alpha value is -0.540. The minimum atomic E-state index is -3.99. The average Bonchev–Trinajstić information content (AvgIpc) is 2.11. The number of nitrogens with two attached hydrogens (primary N) is 1. The summed E-state index contributed by atoms with van der Waals surface area (Å²) in [5.41, 5.74) is 5.69. The molecule has 0 aromatic heterocycles. The van der Waals surface area contributed by atoms with E-state index in [2.05, 4.69) is 4.72 Å². The molecular weight excluding hydrogens is 335 g/mol. The molecule has 0 saturated heterocycles. The lowest BCUT2D eigenvalue weighted by atomic mass is 10.3. The van der Waals surface area contributed by atoms with E-state index >= 15 is 0 Å². The molecule has 1 aromatic carbocycles. The summed E-state index contributed by atoms with van der Waals surface area (Å²) >= 11 is 11.6. The third kappa shape index (κ3) is 4.81. The van der Waals surface area contributed by atoms with Gasteiger partial charge < -0.3 is 5.73 Å². The Morgan fingerprint density at radius 2 is 1.63 bits per heavy atom. The van der Waals surface area contributed by atoms with E-state index in [0.717, 1.165) is 6.26 Å². The molecule has 0 unspecified atom stereocenters. The lowest BCUT2D eigenvalue weighted by molar-refractivity contribution is 0.582. The number of nitrogens with one attached hydrogen (secondary N) is 1. The molecule has 19 heavy (non-hydrogen) atoms. The van der Waals surface area contributed by atoms with E-state index in [1.54, 1.807) is 0 Å². The van der Waals surface area contributed by atoms with E-state index in [9.17, 15) is 16.8 Å². The molecule has 1 rings (SSSR count). The van der Waals surface area contributed by atoms with E-state index in [0.29, 0.717) is 0 Å². The SMILES string of the molecule is CS(=O)(=O)CCNS(=O)(=O)c1c(Cl)cc(N)cc1Cl. The van der Waals surface area contributed by atoms with Gasteiger partial charge in [0, 0.05) is 18.5 Å². The molecule has 0 spiro atoms. The van der Waals surface area contributed by atoms with Crippen LogP contribution < -0.4 is 10.5 Å². The van der Waals surface area contributed by atoms with Crippen molar-refractivity contribution in [3.8, 4) is 0 Å². The standard InChI is InChI=1S/C9H12Cl2N2O4S2/c1-18(14,15)3-2-13-19(16,17)9-7(10)4-6(12)5-8(9)11/h4-5,13H,2-3,12H2,1H3. The molecular formula is C9H12Cl2N2O4S2. The van der Waals surface area contributed by atoms with Crippen LogP contribution in [0.3, 0.4) is 0 Å². The number of sulfonamides is 1. The number of rotatable bonds is 5. The third-order valence-electron chi connectivity index (χ3n) is 2.05. The lowest BCUT2D eigenvalue weighted by Gasteiger charge is -2.10. The van der Waals surface area contributed by atoms with Gasteiger partial charge in [0.1, 0.15) is 14.7 Å². The second kappa shape index (κ2) is 5.84. The topological polar surface area (TPSA) is 106 Å². The van der Waals surface area contributed by atoms with Gasteiger partial charge in [-0.2, -0.15) is 0 Å². The summed E-state index contributed by atoms with van der Waals surface area (Å²) < 4.78 is 47.9. The highest BCUT2D eigenvalue weighted by atomic mass is 35.5. The summed E-state index contributed by atoms with van der Waals surface area (Å²) in [7, 11) is -7.26. The maximum Gasteiger partial charge on any atom is 0.243 e. The maximum absolute atomic E-state index is 12.0. The largest absolute Gasteiger partial charge is 0.399 e. The van der Waals surface area contributed by atoms with Gasteiger partial charge in [0.15, 0.2) is 0 Å². The van der Waals surface area contributed by atoms with E-state index in [1.165, 1.54) is 12.1 Å². The van der Waals surface area contributed by atoms with E-state index in [4.69, 9.17) is 28.9 Å². The first-order chi connectivity index (χ1) is 8.53. The predicted octanol–water partition coefficient (Wildman–Crippen LogP) is 0.899. The van der Waals surface area contributed by atoms with Crippen LogP contribution in [-0.2, 0) is 19.9 Å². The molecule has 3 N–H and O–H groups in total. The second-order valence-corrected chi connectivity index (χ2v) is 8.62. The Balaban J connectivity index is 3.02. The van der Waals surface area contributed by atoms with Crippen LogP contribution in [0.5, 0.6) is 0 Å². The summed E-state index contributed by atoms with van der Waals surface area (Å²) in [5.74, 6) is -0.323. The summed E-state index contributed by atoms with van der Waals surface area (Å²) in [6, 6.07) is 2.50. The lowest BCUT2D eigenvalue weighted by Crippen LogP contribution is -2.29. The van der Waals surface area contributed by atoms with Crippen LogP contribution in [0.15, 0.2) is 17.0 Å². The van der Waals surface area contributed by atoms with Crippen LogP contribution in [0.25, 0.3) is 0 Å². The normalized spacial score (nSPS) is 12.6. The Kier molecular flexibility index (Phi) is 5.08. The number of anilines is 1. The van der Waals surface area contributed by atoms with Crippen molar-refractivity contribution in [3.63, 3.8) is 0 Å². The molecule has 0 aliphatic carbocycles. The number of sulfone groups is 1. The molecule has 0 bridgehead atoms. The highest BCUT2D eigenvalue weighted by Crippen LogP contribution is 2.31. The van der Waals surface area contributed by atoms with Crippen molar-refractivity contribution in [2.24, 2.45) is 0 Å². The van der Waals surface area contributed by atoms with Crippen molar-refractivity contribution in [1.29, 1.82) is 0 Å². The van der Waals surface area contributed by atoms with Crippen molar-refractivity contribution in [3.05, 3.63) is 22.2 Å². The van der Waals surface area contributed by atoms with Gasteiger partial charge in [-0.3, -0.25) is 0 Å². The van der Waals surface area contributed by atoms with Gasteiger partial charge in [0.2, 0.25) is 10.0 Å². The first kappa shape index (κ1) is 16.5. The molecule has 0 heterocycles. The molecule has 6 nitrogen and oxygen atoms in total. The van der Waals surface area contributed by atoms with Crippen molar-refractivity contribution in [1.82, 2.24) is 4.72 Å². The molecule has 0 amide bonds. The first-order valence-corrected chi connectivity index (χ1v) is 9.25. The number of benzene rings is 1. The number of nitrogen functional groups attached to an aromatic ring is 1. The molecule has 10 heteroatoms.